The summed E-state index contributed by atoms with van der Waals surface area (Å²) in [6.07, 6.45) is 2.98. The van der Waals surface area contributed by atoms with Crippen molar-refractivity contribution in [1.82, 2.24) is 15.0 Å². The van der Waals surface area contributed by atoms with Gasteiger partial charge in [0.15, 0.2) is 0 Å². The van der Waals surface area contributed by atoms with Crippen molar-refractivity contribution in [2.75, 3.05) is 13.7 Å². The van der Waals surface area contributed by atoms with E-state index in [-0.39, 0.29) is 23.0 Å². The summed E-state index contributed by atoms with van der Waals surface area (Å²) < 4.78 is 37.9. The second-order valence-corrected chi connectivity index (χ2v) is 8.45. The van der Waals surface area contributed by atoms with E-state index in [1.165, 1.54) is 24.6 Å². The van der Waals surface area contributed by atoms with Crippen molar-refractivity contribution in [2.45, 2.75) is 17.4 Å². The summed E-state index contributed by atoms with van der Waals surface area (Å²) >= 11 is 0. The molecular weight excluding hydrogens is 420 g/mol. The fourth-order valence-corrected chi connectivity index (χ4v) is 4.53. The number of benzene rings is 2. The van der Waals surface area contributed by atoms with E-state index < -0.39 is 21.8 Å². The molecule has 31 heavy (non-hydrogen) atoms. The van der Waals surface area contributed by atoms with Crippen molar-refractivity contribution in [3.05, 3.63) is 78.0 Å². The zero-order valence-electron chi connectivity index (χ0n) is 16.6. The minimum atomic E-state index is -3.87. The van der Waals surface area contributed by atoms with E-state index in [0.29, 0.717) is 12.5 Å². The van der Waals surface area contributed by atoms with Gasteiger partial charge in [0.05, 0.1) is 24.4 Å². The zero-order valence-corrected chi connectivity index (χ0v) is 17.4. The van der Waals surface area contributed by atoms with Gasteiger partial charge in [-0.15, -0.1) is 0 Å². The number of oxazole rings is 1. The summed E-state index contributed by atoms with van der Waals surface area (Å²) in [4.78, 5) is 21.2. The number of para-hydroxylation sites is 1. The average molecular weight is 440 g/mol. The predicted molar refractivity (Wildman–Crippen MR) is 112 cm³/mol. The number of carbonyl (C=O) groups is 1. The molecule has 1 aliphatic rings. The van der Waals surface area contributed by atoms with E-state index in [9.17, 15) is 13.2 Å². The Kier molecular flexibility index (Phi) is 5.83. The van der Waals surface area contributed by atoms with Gasteiger partial charge in [-0.1, -0.05) is 36.4 Å². The Bertz CT molecular complexity index is 1220. The molecule has 0 aliphatic carbocycles. The first-order valence-corrected chi connectivity index (χ1v) is 10.9. The molecule has 1 aromatic heterocycles. The highest BCUT2D eigenvalue weighted by molar-refractivity contribution is 7.90. The van der Waals surface area contributed by atoms with Crippen LogP contribution in [0.3, 0.4) is 0 Å². The second kappa shape index (κ2) is 8.70. The maximum absolute atomic E-state index is 12.8. The smallest absolute Gasteiger partial charge is 0.287 e. The number of ether oxygens (including phenoxy) is 1. The molecule has 3 aromatic rings. The minimum Gasteiger partial charge on any atom is -0.448 e. The van der Waals surface area contributed by atoms with Crippen LogP contribution in [0.4, 0.5) is 5.69 Å². The van der Waals surface area contributed by atoms with Gasteiger partial charge in [-0.2, -0.15) is 0 Å². The summed E-state index contributed by atoms with van der Waals surface area (Å²) in [5, 5.41) is 2.74. The third kappa shape index (κ3) is 4.35. The molecule has 0 fully saturated rings. The Morgan fingerprint density at radius 1 is 1.19 bits per heavy atom. The number of methoxy groups -OCH3 is 1. The molecule has 0 saturated carbocycles. The fraction of sp³-hybridized carbons (Fsp3) is 0.190. The van der Waals surface area contributed by atoms with E-state index in [0.717, 1.165) is 11.1 Å². The molecule has 0 spiro atoms. The fourth-order valence-electron chi connectivity index (χ4n) is 3.38. The number of carbonyl (C=O) groups excluding carboxylic acids is 1. The number of aromatic nitrogens is 1. The average Bonchev–Trinajstić information content (AvgIpc) is 3.29. The molecule has 2 heterocycles. The van der Waals surface area contributed by atoms with Crippen molar-refractivity contribution in [3.63, 3.8) is 0 Å². The van der Waals surface area contributed by atoms with Crippen molar-refractivity contribution in [1.29, 1.82) is 0 Å². The lowest BCUT2D eigenvalue weighted by molar-refractivity contribution is -0.115. The van der Waals surface area contributed by atoms with Crippen molar-refractivity contribution >= 4 is 27.5 Å². The lowest BCUT2D eigenvalue weighted by Gasteiger charge is -2.20. The Morgan fingerprint density at radius 3 is 2.74 bits per heavy atom. The number of amidine groups is 1. The number of sulfonamides is 1. The third-order valence-electron chi connectivity index (χ3n) is 4.78. The normalized spacial score (nSPS) is 15.3. The van der Waals surface area contributed by atoms with Crippen LogP contribution in [-0.2, 0) is 26.2 Å². The second-order valence-electron chi connectivity index (χ2n) is 6.80. The molecule has 160 valence electrons. The highest BCUT2D eigenvalue weighted by Gasteiger charge is 2.29. The van der Waals surface area contributed by atoms with Crippen molar-refractivity contribution in [3.8, 4) is 0 Å². The number of amides is 1. The molecule has 0 bridgehead atoms. The Labute approximate surface area is 179 Å². The summed E-state index contributed by atoms with van der Waals surface area (Å²) in [7, 11) is -2.27. The number of hydrogen-bond donors (Lipinski definition) is 2. The SMILES string of the molecule is COCc1ccccc1C(CNC(=O)C1=Nc2ccccc2S(=O)(=O)N1)c1ncco1. The maximum Gasteiger partial charge on any atom is 0.287 e. The first-order chi connectivity index (χ1) is 15.0. The molecule has 0 saturated heterocycles. The van der Waals surface area contributed by atoms with Crippen LogP contribution < -0.4 is 10.0 Å². The number of nitrogens with one attached hydrogen (secondary N) is 2. The standard InChI is InChI=1S/C21H20N4O5S/c1-29-13-14-6-2-3-7-15(14)16(21-22-10-11-30-21)12-23-20(26)19-24-17-8-4-5-9-18(17)31(27,28)25-19/h2-11,16H,12-13H2,1H3,(H,23,26)(H,24,25). The maximum atomic E-state index is 12.8. The molecule has 1 aliphatic heterocycles. The quantitative estimate of drug-likeness (QED) is 0.580. The van der Waals surface area contributed by atoms with Gasteiger partial charge >= 0.3 is 0 Å². The lowest BCUT2D eigenvalue weighted by atomic mass is 9.94. The summed E-state index contributed by atoms with van der Waals surface area (Å²) in [5.74, 6) is -0.937. The first kappa shape index (κ1) is 20.8. The van der Waals surface area contributed by atoms with Gasteiger partial charge in [0.25, 0.3) is 15.9 Å². The molecule has 1 unspecified atom stereocenters. The molecule has 4 rings (SSSR count). The van der Waals surface area contributed by atoms with Crippen LogP contribution in [-0.4, -0.2) is 38.8 Å². The molecular formula is C21H20N4O5S. The van der Waals surface area contributed by atoms with Crippen molar-refractivity contribution < 1.29 is 22.4 Å². The van der Waals surface area contributed by atoms with Crippen LogP contribution in [0.5, 0.6) is 0 Å². The number of hydrogen-bond acceptors (Lipinski definition) is 7. The Morgan fingerprint density at radius 2 is 1.97 bits per heavy atom. The molecule has 2 aromatic carbocycles. The summed E-state index contributed by atoms with van der Waals surface area (Å²) in [6, 6.07) is 13.8. The van der Waals surface area contributed by atoms with Crippen LogP contribution in [0.15, 0.2) is 75.3 Å². The van der Waals surface area contributed by atoms with E-state index in [1.54, 1.807) is 19.2 Å². The number of aliphatic imine (C=N–C) groups is 1. The van der Waals surface area contributed by atoms with Gasteiger partial charge in [0, 0.05) is 13.7 Å². The van der Waals surface area contributed by atoms with Gasteiger partial charge in [-0.25, -0.2) is 18.4 Å². The summed E-state index contributed by atoms with van der Waals surface area (Å²) in [6.45, 7) is 0.493. The first-order valence-electron chi connectivity index (χ1n) is 9.44. The van der Waals surface area contributed by atoms with E-state index in [1.807, 2.05) is 24.3 Å². The molecule has 9 nitrogen and oxygen atoms in total. The van der Waals surface area contributed by atoms with Gasteiger partial charge in [0.1, 0.15) is 11.2 Å². The largest absolute Gasteiger partial charge is 0.448 e. The van der Waals surface area contributed by atoms with Crippen LogP contribution in [0.2, 0.25) is 0 Å². The number of rotatable bonds is 7. The molecule has 2 N–H and O–H groups in total. The lowest BCUT2D eigenvalue weighted by Crippen LogP contribution is -2.45. The highest BCUT2D eigenvalue weighted by Crippen LogP contribution is 2.28. The number of fused-ring (bicyclic) bond motifs is 1. The van der Waals surface area contributed by atoms with E-state index in [4.69, 9.17) is 9.15 Å². The summed E-state index contributed by atoms with van der Waals surface area (Å²) in [5.41, 5.74) is 2.01. The zero-order chi connectivity index (χ0) is 21.8. The molecule has 1 atom stereocenters. The Hall–Kier alpha value is -3.50. The van der Waals surface area contributed by atoms with Gasteiger partial charge < -0.3 is 14.5 Å². The Balaban J connectivity index is 1.59. The predicted octanol–water partition coefficient (Wildman–Crippen LogP) is 2.09. The third-order valence-corrected chi connectivity index (χ3v) is 6.17. The van der Waals surface area contributed by atoms with E-state index in [2.05, 4.69) is 20.0 Å². The highest BCUT2D eigenvalue weighted by atomic mass is 32.2. The van der Waals surface area contributed by atoms with Crippen LogP contribution in [0.25, 0.3) is 0 Å². The van der Waals surface area contributed by atoms with Crippen LogP contribution in [0, 0.1) is 0 Å². The molecule has 0 radical (unpaired) electrons. The number of nitrogens with zero attached hydrogens (tertiary/aromatic N) is 2. The van der Waals surface area contributed by atoms with Gasteiger partial charge in [-0.05, 0) is 23.3 Å². The van der Waals surface area contributed by atoms with Gasteiger partial charge in [-0.3, -0.25) is 9.52 Å². The van der Waals surface area contributed by atoms with Crippen molar-refractivity contribution in [2.24, 2.45) is 4.99 Å². The van der Waals surface area contributed by atoms with E-state index >= 15 is 0 Å². The minimum absolute atomic E-state index is 0.0257. The molecule has 1 amide bonds. The molecule has 10 heteroatoms. The van der Waals surface area contributed by atoms with Crippen LogP contribution in [0.1, 0.15) is 22.9 Å². The van der Waals surface area contributed by atoms with Gasteiger partial charge in [0.2, 0.25) is 11.7 Å². The van der Waals surface area contributed by atoms with Crippen LogP contribution >= 0.6 is 0 Å². The monoisotopic (exact) mass is 440 g/mol. The topological polar surface area (TPSA) is 123 Å².